The van der Waals surface area contributed by atoms with Crippen LogP contribution in [0.15, 0.2) is 60.9 Å². The molecule has 4 aliphatic rings. The summed E-state index contributed by atoms with van der Waals surface area (Å²) in [4.78, 5) is 36.9. The van der Waals surface area contributed by atoms with Crippen molar-refractivity contribution in [3.63, 3.8) is 0 Å². The van der Waals surface area contributed by atoms with Crippen LogP contribution in [0.2, 0.25) is 0 Å². The van der Waals surface area contributed by atoms with Crippen molar-refractivity contribution >= 4 is 32.7 Å². The van der Waals surface area contributed by atoms with Gasteiger partial charge in [-0.2, -0.15) is 0 Å². The summed E-state index contributed by atoms with van der Waals surface area (Å²) in [5, 5.41) is 1.08. The lowest BCUT2D eigenvalue weighted by Gasteiger charge is -2.28. The monoisotopic (exact) mass is 695 g/mol. The van der Waals surface area contributed by atoms with Gasteiger partial charge in [-0.3, -0.25) is 19.5 Å². The summed E-state index contributed by atoms with van der Waals surface area (Å²) in [6.45, 7) is 4.41. The Morgan fingerprint density at radius 1 is 1.00 bits per heavy atom. The highest BCUT2D eigenvalue weighted by Gasteiger charge is 2.63. The number of aromatic nitrogens is 2. The molecule has 2 unspecified atom stereocenters. The van der Waals surface area contributed by atoms with Crippen molar-refractivity contribution in [2.45, 2.75) is 69.9 Å². The molecule has 2 aliphatic carbocycles. The van der Waals surface area contributed by atoms with Gasteiger partial charge in [-0.15, -0.1) is 0 Å². The number of hydrogen-bond acceptors (Lipinski definition) is 7. The van der Waals surface area contributed by atoms with Crippen LogP contribution in [0.4, 0.5) is 0 Å². The van der Waals surface area contributed by atoms with E-state index in [2.05, 4.69) is 42.3 Å². The van der Waals surface area contributed by atoms with Crippen LogP contribution in [0.25, 0.3) is 22.2 Å². The minimum atomic E-state index is -3.74. The maximum atomic E-state index is 15.0. The summed E-state index contributed by atoms with van der Waals surface area (Å²) >= 11 is 0. The number of rotatable bonds is 7. The number of benzene rings is 2. The summed E-state index contributed by atoms with van der Waals surface area (Å²) in [5.41, 5.74) is 6.39. The van der Waals surface area contributed by atoms with Gasteiger partial charge in [-0.25, -0.2) is 13.1 Å². The van der Waals surface area contributed by atoms with Gasteiger partial charge in [-0.1, -0.05) is 31.4 Å². The number of pyridine rings is 1. The van der Waals surface area contributed by atoms with Gasteiger partial charge in [-0.05, 0) is 84.7 Å². The molecule has 2 saturated carbocycles. The molecule has 50 heavy (non-hydrogen) atoms. The van der Waals surface area contributed by atoms with Crippen LogP contribution >= 0.6 is 0 Å². The van der Waals surface area contributed by atoms with Gasteiger partial charge in [0.15, 0.2) is 0 Å². The molecule has 1 N–H and O–H groups in total. The van der Waals surface area contributed by atoms with Crippen LogP contribution in [-0.4, -0.2) is 79.1 Å². The van der Waals surface area contributed by atoms with E-state index in [1.165, 1.54) is 30.4 Å². The van der Waals surface area contributed by atoms with Crippen LogP contribution in [0.3, 0.4) is 0 Å². The van der Waals surface area contributed by atoms with E-state index in [9.17, 15) is 18.0 Å². The van der Waals surface area contributed by atoms with Crippen LogP contribution < -0.4 is 9.46 Å². The van der Waals surface area contributed by atoms with Crippen LogP contribution in [0.5, 0.6) is 5.75 Å². The molecule has 2 aromatic carbocycles. The third-order valence-corrected chi connectivity index (χ3v) is 12.0. The SMILES string of the molecule is COc1ccc2c(c1)C1CC1(C(=O)N1CCCN(Cc3cccnc3)CC1)Cn1c-2c(C2CCCCC2)c2ccc(C(=O)NS(C)(=O)=O)cc21. The first-order valence-corrected chi connectivity index (χ1v) is 19.8. The molecule has 2 aromatic heterocycles. The second-order valence-electron chi connectivity index (χ2n) is 14.8. The lowest BCUT2D eigenvalue weighted by Crippen LogP contribution is -2.41. The Morgan fingerprint density at radius 3 is 2.60 bits per heavy atom. The van der Waals surface area contributed by atoms with E-state index in [1.807, 2.05) is 30.5 Å². The van der Waals surface area contributed by atoms with Crippen molar-refractivity contribution in [2.75, 3.05) is 39.5 Å². The molecule has 11 heteroatoms. The number of carbonyl (C=O) groups is 2. The number of sulfonamides is 1. The number of amides is 2. The second kappa shape index (κ2) is 12.8. The van der Waals surface area contributed by atoms with Crippen molar-refractivity contribution < 1.29 is 22.7 Å². The number of nitrogens with one attached hydrogen (secondary N) is 1. The number of ether oxygens (including phenoxy) is 1. The molecule has 10 nitrogen and oxygen atoms in total. The topological polar surface area (TPSA) is 114 Å². The second-order valence-corrected chi connectivity index (χ2v) is 16.5. The Bertz CT molecular complexity index is 2070. The van der Waals surface area contributed by atoms with Gasteiger partial charge in [0.25, 0.3) is 5.91 Å². The van der Waals surface area contributed by atoms with E-state index in [1.54, 1.807) is 19.4 Å². The first kappa shape index (κ1) is 33.0. The van der Waals surface area contributed by atoms with Gasteiger partial charge >= 0.3 is 0 Å². The minimum Gasteiger partial charge on any atom is -0.497 e. The molecule has 262 valence electrons. The molecule has 2 aliphatic heterocycles. The Labute approximate surface area is 293 Å². The first-order chi connectivity index (χ1) is 24.1. The fourth-order valence-corrected chi connectivity index (χ4v) is 9.50. The van der Waals surface area contributed by atoms with Gasteiger partial charge in [0.2, 0.25) is 15.9 Å². The number of nitrogens with zero attached hydrogens (tertiary/aromatic N) is 4. The zero-order valence-corrected chi connectivity index (χ0v) is 29.7. The van der Waals surface area contributed by atoms with E-state index < -0.39 is 21.3 Å². The van der Waals surface area contributed by atoms with Crippen LogP contribution in [0.1, 0.15) is 83.8 Å². The Balaban J connectivity index is 1.22. The molecule has 0 spiro atoms. The molecule has 1 saturated heterocycles. The Hall–Kier alpha value is -4.22. The van der Waals surface area contributed by atoms with Crippen molar-refractivity contribution in [3.05, 3.63) is 83.2 Å². The maximum absolute atomic E-state index is 15.0. The fraction of sp³-hybridized carbons (Fsp3) is 0.462. The molecule has 8 rings (SSSR count). The summed E-state index contributed by atoms with van der Waals surface area (Å²) in [5.74, 6) is 0.713. The third-order valence-electron chi connectivity index (χ3n) is 11.5. The van der Waals surface area contributed by atoms with Gasteiger partial charge in [0.05, 0.1) is 24.5 Å². The maximum Gasteiger partial charge on any atom is 0.264 e. The summed E-state index contributed by atoms with van der Waals surface area (Å²) < 4.78 is 34.2. The lowest BCUT2D eigenvalue weighted by molar-refractivity contribution is -0.137. The van der Waals surface area contributed by atoms with Crippen LogP contribution in [-0.2, 0) is 27.9 Å². The molecule has 0 bridgehead atoms. The molecule has 0 radical (unpaired) electrons. The Kier molecular flexibility index (Phi) is 8.46. The van der Waals surface area contributed by atoms with E-state index in [-0.39, 0.29) is 17.4 Å². The lowest BCUT2D eigenvalue weighted by atomic mass is 9.81. The molecule has 2 amide bonds. The number of fused-ring (bicyclic) bond motifs is 7. The van der Waals surface area contributed by atoms with Crippen molar-refractivity contribution in [3.8, 4) is 17.0 Å². The molecule has 4 aromatic rings. The molecular formula is C39H45N5O5S. The normalized spacial score (nSPS) is 22.5. The minimum absolute atomic E-state index is 0.0423. The summed E-state index contributed by atoms with van der Waals surface area (Å²) in [6.07, 6.45) is 12.1. The van der Waals surface area contributed by atoms with Crippen molar-refractivity contribution in [1.29, 1.82) is 0 Å². The first-order valence-electron chi connectivity index (χ1n) is 17.9. The fourth-order valence-electron chi connectivity index (χ4n) is 9.05. The zero-order chi connectivity index (χ0) is 34.6. The highest BCUT2D eigenvalue weighted by molar-refractivity contribution is 7.89. The largest absolute Gasteiger partial charge is 0.497 e. The van der Waals surface area contributed by atoms with Crippen molar-refractivity contribution in [2.24, 2.45) is 5.41 Å². The average molecular weight is 696 g/mol. The van der Waals surface area contributed by atoms with Gasteiger partial charge in [0, 0.05) is 79.6 Å². The standard InChI is InChI=1S/C39H45N5O5S/c1-49-29-12-14-30-32(21-29)33-22-39(33,38(46)43-17-7-16-42(18-19-43)24-26-8-6-15-40-23-26)25-44-34-20-28(37(45)41-50(2,47)48)11-13-31(34)35(36(30)44)27-9-4-3-5-10-27/h6,8,11-15,20-21,23,27,33H,3-5,7,9-10,16-19,22,24-25H2,1-2H3,(H,41,45). The van der Waals surface area contributed by atoms with E-state index in [4.69, 9.17) is 4.74 Å². The van der Waals surface area contributed by atoms with Gasteiger partial charge < -0.3 is 14.2 Å². The number of carbonyl (C=O) groups excluding carboxylic acids is 2. The van der Waals surface area contributed by atoms with Gasteiger partial charge in [0.1, 0.15) is 5.75 Å². The summed E-state index contributed by atoms with van der Waals surface area (Å²) in [6, 6.07) is 15.9. The molecule has 3 fully saturated rings. The smallest absolute Gasteiger partial charge is 0.264 e. The molecule has 2 atom stereocenters. The highest BCUT2D eigenvalue weighted by atomic mass is 32.2. The number of hydrogen-bond donors (Lipinski definition) is 1. The van der Waals surface area contributed by atoms with Crippen LogP contribution in [0, 0.1) is 5.41 Å². The van der Waals surface area contributed by atoms with E-state index in [0.717, 1.165) is 85.0 Å². The predicted octanol–water partition coefficient (Wildman–Crippen LogP) is 5.67. The van der Waals surface area contributed by atoms with E-state index in [0.29, 0.717) is 25.6 Å². The number of methoxy groups -OCH3 is 1. The van der Waals surface area contributed by atoms with E-state index >= 15 is 0 Å². The Morgan fingerprint density at radius 2 is 1.84 bits per heavy atom. The quantitative estimate of drug-likeness (QED) is 0.265. The highest BCUT2D eigenvalue weighted by Crippen LogP contribution is 2.66. The predicted molar refractivity (Wildman–Crippen MR) is 193 cm³/mol. The molecular weight excluding hydrogens is 651 g/mol. The average Bonchev–Trinajstić information content (AvgIpc) is 3.84. The summed E-state index contributed by atoms with van der Waals surface area (Å²) in [7, 11) is -2.06. The molecule has 4 heterocycles. The third kappa shape index (κ3) is 5.98. The van der Waals surface area contributed by atoms with Crippen molar-refractivity contribution in [1.82, 2.24) is 24.1 Å². The zero-order valence-electron chi connectivity index (χ0n) is 28.9.